The SMILES string of the molecule is CC1(C)CN=C(c2ccc(-c3cc(-c4ccc(C5=NCC(C)(C)O5)cn4)nc(-c4ccc(C5=NCC(C)(C)O5)cn4)n3)nc2)O1. The van der Waals surface area contributed by atoms with Gasteiger partial charge >= 0.3 is 0 Å². The van der Waals surface area contributed by atoms with Crippen molar-refractivity contribution in [2.75, 3.05) is 19.6 Å². The number of hydrogen-bond acceptors (Lipinski definition) is 11. The van der Waals surface area contributed by atoms with Crippen LogP contribution >= 0.6 is 0 Å². The maximum atomic E-state index is 5.98. The van der Waals surface area contributed by atoms with Crippen molar-refractivity contribution in [2.24, 2.45) is 15.0 Å². The summed E-state index contributed by atoms with van der Waals surface area (Å²) in [5, 5.41) is 0. The number of aromatic nitrogens is 5. The predicted molar refractivity (Wildman–Crippen MR) is 171 cm³/mol. The van der Waals surface area contributed by atoms with Gasteiger partial charge in [-0.3, -0.25) is 15.0 Å². The molecular formula is C34H34N8O3. The molecule has 3 aliphatic heterocycles. The van der Waals surface area contributed by atoms with Gasteiger partial charge in [-0.15, -0.1) is 0 Å². The van der Waals surface area contributed by atoms with Crippen LogP contribution in [0.4, 0.5) is 0 Å². The standard InChI is InChI=1S/C34H34N8O3/c1-32(2)17-38-29(43-32)20-7-10-23(35-14-20)26-13-27(24-11-8-21(15-36-24)30-39-18-33(3,4)44-30)42-28(41-26)25-12-9-22(16-37-25)31-40-19-34(5,6)45-31/h7-16H,17-19H2,1-6H3. The smallest absolute Gasteiger partial charge is 0.218 e. The Hall–Kier alpha value is -5.06. The van der Waals surface area contributed by atoms with Crippen LogP contribution in [-0.2, 0) is 14.2 Å². The monoisotopic (exact) mass is 602 g/mol. The molecule has 0 amide bonds. The number of nitrogens with zero attached hydrogens (tertiary/aromatic N) is 8. The molecule has 45 heavy (non-hydrogen) atoms. The molecule has 7 heterocycles. The molecule has 0 spiro atoms. The van der Waals surface area contributed by atoms with Crippen LogP contribution in [0, 0.1) is 0 Å². The molecular weight excluding hydrogens is 568 g/mol. The van der Waals surface area contributed by atoms with Gasteiger partial charge in [-0.2, -0.15) is 0 Å². The Morgan fingerprint density at radius 1 is 0.467 bits per heavy atom. The summed E-state index contributed by atoms with van der Waals surface area (Å²) in [6.45, 7) is 13.9. The van der Waals surface area contributed by atoms with E-state index in [0.29, 0.717) is 71.6 Å². The van der Waals surface area contributed by atoms with E-state index in [1.54, 1.807) is 18.6 Å². The molecule has 0 unspecified atom stereocenters. The molecule has 4 aromatic rings. The Morgan fingerprint density at radius 2 is 0.822 bits per heavy atom. The first-order chi connectivity index (χ1) is 21.4. The van der Waals surface area contributed by atoms with Crippen molar-refractivity contribution in [3.05, 3.63) is 77.7 Å². The number of hydrogen-bond donors (Lipinski definition) is 0. The molecule has 11 heteroatoms. The highest BCUT2D eigenvalue weighted by molar-refractivity contribution is 5.96. The van der Waals surface area contributed by atoms with Crippen molar-refractivity contribution in [1.29, 1.82) is 0 Å². The summed E-state index contributed by atoms with van der Waals surface area (Å²) in [6, 6.07) is 13.4. The fourth-order valence-electron chi connectivity index (χ4n) is 5.04. The van der Waals surface area contributed by atoms with Crippen molar-refractivity contribution < 1.29 is 14.2 Å². The molecule has 11 nitrogen and oxygen atoms in total. The van der Waals surface area contributed by atoms with Gasteiger partial charge in [-0.25, -0.2) is 24.9 Å². The molecule has 0 saturated carbocycles. The second-order valence-electron chi connectivity index (χ2n) is 13.2. The lowest BCUT2D eigenvalue weighted by Gasteiger charge is -2.17. The van der Waals surface area contributed by atoms with E-state index in [2.05, 4.69) is 20.0 Å². The van der Waals surface area contributed by atoms with Crippen LogP contribution in [0.15, 0.2) is 76.0 Å². The fraction of sp³-hybridized carbons (Fsp3) is 0.353. The zero-order valence-electron chi connectivity index (χ0n) is 26.2. The van der Waals surface area contributed by atoms with E-state index < -0.39 is 0 Å². The summed E-state index contributed by atoms with van der Waals surface area (Å²) in [4.78, 5) is 37.4. The summed E-state index contributed by atoms with van der Waals surface area (Å²) in [5.41, 5.74) is 4.64. The second-order valence-corrected chi connectivity index (χ2v) is 13.2. The summed E-state index contributed by atoms with van der Waals surface area (Å²) >= 11 is 0. The molecule has 0 aliphatic carbocycles. The van der Waals surface area contributed by atoms with Crippen LogP contribution in [0.5, 0.6) is 0 Å². The van der Waals surface area contributed by atoms with E-state index in [1.165, 1.54) is 0 Å². The Balaban J connectivity index is 1.23. The highest BCUT2D eigenvalue weighted by Gasteiger charge is 2.30. The third-order valence-electron chi connectivity index (χ3n) is 7.44. The van der Waals surface area contributed by atoms with Gasteiger partial charge in [-0.1, -0.05) is 0 Å². The summed E-state index contributed by atoms with van der Waals surface area (Å²) < 4.78 is 17.9. The Kier molecular flexibility index (Phi) is 6.72. The lowest BCUT2D eigenvalue weighted by atomic mass is 10.1. The molecule has 3 aliphatic rings. The maximum absolute atomic E-state index is 5.98. The number of ether oxygens (including phenoxy) is 3. The van der Waals surface area contributed by atoms with Crippen molar-refractivity contribution in [3.8, 4) is 34.3 Å². The summed E-state index contributed by atoms with van der Waals surface area (Å²) in [5.74, 6) is 2.21. The van der Waals surface area contributed by atoms with Crippen LogP contribution < -0.4 is 0 Å². The van der Waals surface area contributed by atoms with Crippen LogP contribution in [0.1, 0.15) is 58.2 Å². The first-order valence-corrected chi connectivity index (χ1v) is 14.9. The first-order valence-electron chi connectivity index (χ1n) is 14.9. The minimum atomic E-state index is -0.329. The van der Waals surface area contributed by atoms with Gasteiger partial charge in [0.05, 0.1) is 59.1 Å². The summed E-state index contributed by atoms with van der Waals surface area (Å²) in [6.07, 6.45) is 5.24. The molecule has 7 rings (SSSR count). The predicted octanol–water partition coefficient (Wildman–Crippen LogP) is 5.33. The van der Waals surface area contributed by atoms with Gasteiger partial charge in [0.15, 0.2) is 5.82 Å². The van der Waals surface area contributed by atoms with Crippen molar-refractivity contribution >= 4 is 17.7 Å². The third kappa shape index (κ3) is 6.02. The Labute approximate surface area is 261 Å². The minimum absolute atomic E-state index is 0.324. The number of aliphatic imine (C=N–C) groups is 3. The lowest BCUT2D eigenvalue weighted by Crippen LogP contribution is -2.24. The highest BCUT2D eigenvalue weighted by atomic mass is 16.5. The van der Waals surface area contributed by atoms with E-state index in [-0.39, 0.29) is 16.8 Å². The number of rotatable bonds is 6. The average Bonchev–Trinajstić information content (AvgIpc) is 3.71. The second kappa shape index (κ2) is 10.5. The third-order valence-corrected chi connectivity index (χ3v) is 7.44. The molecule has 0 saturated heterocycles. The van der Waals surface area contributed by atoms with Crippen molar-refractivity contribution in [1.82, 2.24) is 24.9 Å². The van der Waals surface area contributed by atoms with Crippen LogP contribution in [-0.4, -0.2) is 79.1 Å². The Morgan fingerprint density at radius 3 is 1.11 bits per heavy atom. The van der Waals surface area contributed by atoms with E-state index in [0.717, 1.165) is 16.7 Å². The van der Waals surface area contributed by atoms with Crippen LogP contribution in [0.25, 0.3) is 34.3 Å². The zero-order chi connectivity index (χ0) is 31.4. The normalized spacial score (nSPS) is 19.2. The summed E-state index contributed by atoms with van der Waals surface area (Å²) in [7, 11) is 0. The molecule has 4 aromatic heterocycles. The Bertz CT molecular complexity index is 1630. The topological polar surface area (TPSA) is 129 Å². The van der Waals surface area contributed by atoms with Crippen molar-refractivity contribution in [3.63, 3.8) is 0 Å². The minimum Gasteiger partial charge on any atom is -0.469 e. The van der Waals surface area contributed by atoms with Gasteiger partial charge in [0.25, 0.3) is 0 Å². The van der Waals surface area contributed by atoms with Crippen LogP contribution in [0.3, 0.4) is 0 Å². The average molecular weight is 603 g/mol. The first kappa shape index (κ1) is 28.7. The maximum Gasteiger partial charge on any atom is 0.218 e. The van der Waals surface area contributed by atoms with Gasteiger partial charge in [0.2, 0.25) is 17.7 Å². The van der Waals surface area contributed by atoms with E-state index >= 15 is 0 Å². The molecule has 0 bridgehead atoms. The molecule has 0 fully saturated rings. The fourth-order valence-corrected chi connectivity index (χ4v) is 5.04. The van der Waals surface area contributed by atoms with Crippen LogP contribution in [0.2, 0.25) is 0 Å². The van der Waals surface area contributed by atoms with Gasteiger partial charge in [0.1, 0.15) is 22.5 Å². The molecule has 0 radical (unpaired) electrons. The van der Waals surface area contributed by atoms with E-state index in [4.69, 9.17) is 34.1 Å². The molecule has 0 atom stereocenters. The highest BCUT2D eigenvalue weighted by Crippen LogP contribution is 2.28. The van der Waals surface area contributed by atoms with Gasteiger partial charge in [-0.05, 0) is 84.0 Å². The van der Waals surface area contributed by atoms with Gasteiger partial charge < -0.3 is 14.2 Å². The number of pyridine rings is 3. The lowest BCUT2D eigenvalue weighted by molar-refractivity contribution is 0.131. The molecule has 228 valence electrons. The van der Waals surface area contributed by atoms with Crippen molar-refractivity contribution in [2.45, 2.75) is 58.3 Å². The van der Waals surface area contributed by atoms with Gasteiger partial charge in [0, 0.05) is 18.6 Å². The largest absolute Gasteiger partial charge is 0.469 e. The molecule has 0 aromatic carbocycles. The van der Waals surface area contributed by atoms with E-state index in [1.807, 2.05) is 84.0 Å². The quantitative estimate of drug-likeness (QED) is 0.290. The molecule has 0 N–H and O–H groups in total. The zero-order valence-corrected chi connectivity index (χ0v) is 26.2. The van der Waals surface area contributed by atoms with E-state index in [9.17, 15) is 0 Å².